The molecule has 1 aromatic rings. The molecule has 4 nitrogen and oxygen atoms in total. The molecule has 0 bridgehead atoms. The van der Waals surface area contributed by atoms with Crippen LogP contribution in [0.15, 0.2) is 24.3 Å². The fraction of sp³-hybridized carbons (Fsp3) is 0.529. The van der Waals surface area contributed by atoms with Crippen LogP contribution in [0.2, 0.25) is 0 Å². The lowest BCUT2D eigenvalue weighted by molar-refractivity contribution is -0.121. The molecule has 0 saturated heterocycles. The van der Waals surface area contributed by atoms with Crippen molar-refractivity contribution in [3.63, 3.8) is 0 Å². The van der Waals surface area contributed by atoms with Gasteiger partial charge in [0.2, 0.25) is 0 Å². The van der Waals surface area contributed by atoms with Gasteiger partial charge in [-0.2, -0.15) is 0 Å². The predicted octanol–water partition coefficient (Wildman–Crippen LogP) is 3.33. The highest BCUT2D eigenvalue weighted by atomic mass is 32.1. The van der Waals surface area contributed by atoms with E-state index in [1.165, 1.54) is 25.7 Å². The van der Waals surface area contributed by atoms with Crippen LogP contribution in [0.5, 0.6) is 5.75 Å². The third kappa shape index (κ3) is 8.62. The highest BCUT2D eigenvalue weighted by Gasteiger charge is 2.05. The Kier molecular flexibility index (Phi) is 9.23. The van der Waals surface area contributed by atoms with Gasteiger partial charge in [-0.25, -0.2) is 0 Å². The van der Waals surface area contributed by atoms with Gasteiger partial charge in [0.05, 0.1) is 0 Å². The number of hydrogen-bond donors (Lipinski definition) is 2. The van der Waals surface area contributed by atoms with Crippen molar-refractivity contribution >= 4 is 23.2 Å². The minimum absolute atomic E-state index is 0.0403. The van der Waals surface area contributed by atoms with Gasteiger partial charge in [-0.15, -0.1) is 0 Å². The first kappa shape index (κ1) is 18.4. The van der Waals surface area contributed by atoms with Crippen LogP contribution < -0.4 is 15.4 Å². The van der Waals surface area contributed by atoms with Crippen molar-refractivity contribution in [3.05, 3.63) is 29.8 Å². The summed E-state index contributed by atoms with van der Waals surface area (Å²) in [7, 11) is 0. The lowest BCUT2D eigenvalue weighted by atomic mass is 10.1. The van der Waals surface area contributed by atoms with E-state index in [4.69, 9.17) is 17.0 Å². The highest BCUT2D eigenvalue weighted by molar-refractivity contribution is 7.80. The molecule has 5 heteroatoms. The van der Waals surface area contributed by atoms with E-state index >= 15 is 0 Å². The molecule has 0 saturated carbocycles. The molecule has 0 aliphatic rings. The number of rotatable bonds is 9. The van der Waals surface area contributed by atoms with Crippen LogP contribution in [0.4, 0.5) is 0 Å². The monoisotopic (exact) mass is 322 g/mol. The van der Waals surface area contributed by atoms with Crippen molar-refractivity contribution in [1.82, 2.24) is 10.6 Å². The summed E-state index contributed by atoms with van der Waals surface area (Å²) in [6.45, 7) is 4.95. The average molecular weight is 322 g/mol. The molecular formula is C17H26N2O2S. The Morgan fingerprint density at radius 2 is 1.82 bits per heavy atom. The van der Waals surface area contributed by atoms with Crippen LogP contribution in [0.25, 0.3) is 0 Å². The Hall–Kier alpha value is -1.62. The smallest absolute Gasteiger partial charge is 0.264 e. The van der Waals surface area contributed by atoms with Gasteiger partial charge < -0.3 is 15.4 Å². The van der Waals surface area contributed by atoms with E-state index in [1.54, 1.807) is 0 Å². The van der Waals surface area contributed by atoms with Crippen LogP contribution in [0, 0.1) is 6.92 Å². The summed E-state index contributed by atoms with van der Waals surface area (Å²) >= 11 is 5.08. The second kappa shape index (κ2) is 11.0. The Morgan fingerprint density at radius 1 is 1.14 bits per heavy atom. The molecule has 1 aromatic carbocycles. The zero-order valence-electron chi connectivity index (χ0n) is 13.5. The largest absolute Gasteiger partial charge is 0.484 e. The number of aryl methyl sites for hydroxylation is 1. The molecule has 0 aliphatic carbocycles. The molecule has 0 fully saturated rings. The van der Waals surface area contributed by atoms with Crippen LogP contribution >= 0.6 is 12.2 Å². The van der Waals surface area contributed by atoms with E-state index in [-0.39, 0.29) is 12.5 Å². The maximum absolute atomic E-state index is 11.7. The van der Waals surface area contributed by atoms with Gasteiger partial charge in [0.15, 0.2) is 11.7 Å². The Labute approximate surface area is 138 Å². The van der Waals surface area contributed by atoms with E-state index in [2.05, 4.69) is 17.6 Å². The molecule has 0 heterocycles. The fourth-order valence-electron chi connectivity index (χ4n) is 1.92. The summed E-state index contributed by atoms with van der Waals surface area (Å²) in [6.07, 6.45) is 6.02. The van der Waals surface area contributed by atoms with Crippen molar-refractivity contribution < 1.29 is 9.53 Å². The van der Waals surface area contributed by atoms with Crippen molar-refractivity contribution in [3.8, 4) is 5.75 Å². The summed E-state index contributed by atoms with van der Waals surface area (Å²) in [5, 5.41) is 6.03. The summed E-state index contributed by atoms with van der Waals surface area (Å²) in [6, 6.07) is 7.57. The lowest BCUT2D eigenvalue weighted by Gasteiger charge is -2.10. The topological polar surface area (TPSA) is 50.4 Å². The summed E-state index contributed by atoms with van der Waals surface area (Å²) in [5.74, 6) is 0.430. The minimum Gasteiger partial charge on any atom is -0.484 e. The summed E-state index contributed by atoms with van der Waals surface area (Å²) in [4.78, 5) is 11.7. The third-order valence-corrected chi connectivity index (χ3v) is 3.46. The van der Waals surface area contributed by atoms with E-state index in [0.717, 1.165) is 18.5 Å². The van der Waals surface area contributed by atoms with E-state index in [9.17, 15) is 4.79 Å². The van der Waals surface area contributed by atoms with Crippen LogP contribution in [0.3, 0.4) is 0 Å². The molecule has 122 valence electrons. The number of carbonyl (C=O) groups excluding carboxylic acids is 1. The van der Waals surface area contributed by atoms with Gasteiger partial charge in [0.25, 0.3) is 5.91 Å². The number of thiocarbonyl (C=S) groups is 1. The number of carbonyl (C=O) groups is 1. The van der Waals surface area contributed by atoms with Crippen molar-refractivity contribution in [2.45, 2.75) is 46.0 Å². The van der Waals surface area contributed by atoms with Crippen molar-refractivity contribution in [2.24, 2.45) is 0 Å². The van der Waals surface area contributed by atoms with Gasteiger partial charge in [0.1, 0.15) is 5.75 Å². The predicted molar refractivity (Wildman–Crippen MR) is 94.2 cm³/mol. The Balaban J connectivity index is 2.10. The van der Waals surface area contributed by atoms with Crippen LogP contribution in [0.1, 0.15) is 44.6 Å². The normalized spacial score (nSPS) is 10.1. The average Bonchev–Trinajstić information content (AvgIpc) is 2.50. The quantitative estimate of drug-likeness (QED) is 0.541. The third-order valence-electron chi connectivity index (χ3n) is 3.21. The summed E-state index contributed by atoms with van der Waals surface area (Å²) in [5.41, 5.74) is 1.15. The van der Waals surface area contributed by atoms with Crippen LogP contribution in [-0.2, 0) is 4.79 Å². The second-order valence-corrected chi connectivity index (χ2v) is 5.73. The van der Waals surface area contributed by atoms with Crippen LogP contribution in [-0.4, -0.2) is 24.2 Å². The molecule has 0 radical (unpaired) electrons. The van der Waals surface area contributed by atoms with Gasteiger partial charge in [-0.05, 0) is 37.7 Å². The second-order valence-electron chi connectivity index (χ2n) is 5.32. The number of unbranched alkanes of at least 4 members (excludes halogenated alkanes) is 4. The SMILES string of the molecule is CCCCCCCNC(=S)NC(=O)COc1ccc(C)cc1. The number of ether oxygens (including phenoxy) is 1. The number of hydrogen-bond acceptors (Lipinski definition) is 3. The minimum atomic E-state index is -0.246. The van der Waals surface area contributed by atoms with E-state index in [0.29, 0.717) is 10.9 Å². The van der Waals surface area contributed by atoms with Gasteiger partial charge >= 0.3 is 0 Å². The molecule has 0 atom stereocenters. The van der Waals surface area contributed by atoms with E-state index < -0.39 is 0 Å². The molecule has 0 unspecified atom stereocenters. The highest BCUT2D eigenvalue weighted by Crippen LogP contribution is 2.10. The number of amides is 1. The first-order valence-corrected chi connectivity index (χ1v) is 8.29. The maximum Gasteiger partial charge on any atom is 0.264 e. The molecule has 0 spiro atoms. The fourth-order valence-corrected chi connectivity index (χ4v) is 2.14. The molecule has 22 heavy (non-hydrogen) atoms. The molecule has 1 amide bonds. The van der Waals surface area contributed by atoms with E-state index in [1.807, 2.05) is 31.2 Å². The zero-order valence-corrected chi connectivity index (χ0v) is 14.3. The molecule has 0 aromatic heterocycles. The maximum atomic E-state index is 11.7. The van der Waals surface area contributed by atoms with Gasteiger partial charge in [-0.1, -0.05) is 50.3 Å². The first-order chi connectivity index (χ1) is 10.6. The number of nitrogens with one attached hydrogen (secondary N) is 2. The lowest BCUT2D eigenvalue weighted by Crippen LogP contribution is -2.41. The Bertz CT molecular complexity index is 460. The standard InChI is InChI=1S/C17H26N2O2S/c1-3-4-5-6-7-12-18-17(22)19-16(20)13-21-15-10-8-14(2)9-11-15/h8-11H,3-7,12-13H2,1-2H3,(H2,18,19,20,22). The molecule has 2 N–H and O–H groups in total. The Morgan fingerprint density at radius 3 is 2.50 bits per heavy atom. The molecule has 0 aliphatic heterocycles. The van der Waals surface area contributed by atoms with Gasteiger partial charge in [-0.3, -0.25) is 4.79 Å². The van der Waals surface area contributed by atoms with Gasteiger partial charge in [0, 0.05) is 6.54 Å². The molecular weight excluding hydrogens is 296 g/mol. The summed E-state index contributed by atoms with van der Waals surface area (Å²) < 4.78 is 5.39. The van der Waals surface area contributed by atoms with Crippen molar-refractivity contribution in [1.29, 1.82) is 0 Å². The number of benzene rings is 1. The first-order valence-electron chi connectivity index (χ1n) is 7.89. The molecule has 1 rings (SSSR count). The van der Waals surface area contributed by atoms with Crippen molar-refractivity contribution in [2.75, 3.05) is 13.2 Å². The zero-order chi connectivity index (χ0) is 16.2.